The monoisotopic (exact) mass is 235 g/mol. The number of nitrogens with zero attached hydrogens (tertiary/aromatic N) is 1. The Labute approximate surface area is 102 Å². The molecule has 0 heterocycles. The lowest BCUT2D eigenvalue weighted by molar-refractivity contribution is -0.118. The summed E-state index contributed by atoms with van der Waals surface area (Å²) >= 11 is 0. The minimum Gasteiger partial charge on any atom is -0.309 e. The first-order chi connectivity index (χ1) is 7.99. The lowest BCUT2D eigenvalue weighted by atomic mass is 10.0. The van der Waals surface area contributed by atoms with Crippen LogP contribution >= 0.6 is 0 Å². The molecule has 1 atom stereocenters. The third-order valence-electron chi connectivity index (χ3n) is 2.43. The van der Waals surface area contributed by atoms with Crippen molar-refractivity contribution in [2.45, 2.75) is 6.92 Å². The van der Waals surface area contributed by atoms with Crippen molar-refractivity contribution < 1.29 is 9.18 Å². The van der Waals surface area contributed by atoms with Gasteiger partial charge < -0.3 is 4.90 Å². The average molecular weight is 235 g/mol. The van der Waals surface area contributed by atoms with Crippen LogP contribution in [0.5, 0.6) is 0 Å². The number of hydrogen-bond donors (Lipinski definition) is 0. The van der Waals surface area contributed by atoms with E-state index in [9.17, 15) is 9.18 Å². The molecule has 0 N–H and O–H groups in total. The van der Waals surface area contributed by atoms with Crippen LogP contribution in [0.4, 0.5) is 4.39 Å². The molecule has 0 bridgehead atoms. The minimum absolute atomic E-state index is 0.0262. The third-order valence-corrected chi connectivity index (χ3v) is 2.43. The highest BCUT2D eigenvalue weighted by atomic mass is 19.1. The Balaban J connectivity index is 2.58. The van der Waals surface area contributed by atoms with E-state index in [4.69, 9.17) is 0 Å². The molecule has 0 aliphatic carbocycles. The van der Waals surface area contributed by atoms with Crippen molar-refractivity contribution in [3.63, 3.8) is 0 Å². The Bertz CT molecular complexity index is 395. The van der Waals surface area contributed by atoms with Crippen molar-refractivity contribution >= 4 is 11.9 Å². The number of carbonyl (C=O) groups excluding carboxylic acids is 1. The van der Waals surface area contributed by atoms with Crippen LogP contribution in [-0.2, 0) is 4.79 Å². The molecule has 0 aliphatic heterocycles. The lowest BCUT2D eigenvalue weighted by Crippen LogP contribution is -2.24. The molecule has 1 rings (SSSR count). The molecule has 0 unspecified atom stereocenters. The second-order valence-corrected chi connectivity index (χ2v) is 4.45. The van der Waals surface area contributed by atoms with Crippen LogP contribution in [0.15, 0.2) is 30.3 Å². The fourth-order valence-corrected chi connectivity index (χ4v) is 1.55. The quantitative estimate of drug-likeness (QED) is 0.731. The maximum atomic E-state index is 12.7. The smallest absolute Gasteiger partial charge is 0.159 e. The lowest BCUT2D eigenvalue weighted by Gasteiger charge is -2.13. The van der Waals surface area contributed by atoms with Crippen molar-refractivity contribution in [1.29, 1.82) is 0 Å². The average Bonchev–Trinajstić information content (AvgIpc) is 2.27. The van der Waals surface area contributed by atoms with Gasteiger partial charge in [0, 0.05) is 12.5 Å². The normalized spacial score (nSPS) is 13.2. The van der Waals surface area contributed by atoms with Crippen LogP contribution < -0.4 is 0 Å². The Kier molecular flexibility index (Phi) is 5.04. The number of benzene rings is 1. The maximum Gasteiger partial charge on any atom is 0.159 e. The molecular formula is C14H18FNO. The molecule has 0 aromatic heterocycles. The molecule has 0 radical (unpaired) electrons. The summed E-state index contributed by atoms with van der Waals surface area (Å²) in [6, 6.07) is 6.06. The van der Waals surface area contributed by atoms with E-state index >= 15 is 0 Å². The molecule has 17 heavy (non-hydrogen) atoms. The van der Waals surface area contributed by atoms with Crippen molar-refractivity contribution in [3.8, 4) is 0 Å². The summed E-state index contributed by atoms with van der Waals surface area (Å²) < 4.78 is 12.7. The fraction of sp³-hybridized carbons (Fsp3) is 0.357. The molecular weight excluding hydrogens is 217 g/mol. The summed E-state index contributed by atoms with van der Waals surface area (Å²) in [5.74, 6) is -0.209. The first kappa shape index (κ1) is 13.6. The van der Waals surface area contributed by atoms with Gasteiger partial charge >= 0.3 is 0 Å². The molecule has 3 heteroatoms. The van der Waals surface area contributed by atoms with E-state index in [0.717, 1.165) is 12.1 Å². The van der Waals surface area contributed by atoms with Gasteiger partial charge in [-0.25, -0.2) is 4.39 Å². The maximum absolute atomic E-state index is 12.7. The fourth-order valence-electron chi connectivity index (χ4n) is 1.55. The standard InChI is InChI=1S/C14H18FNO/c1-11(10-16(2)3)14(17)9-6-12-4-7-13(15)8-5-12/h4-9,11H,10H2,1-3H3/b9-6+/t11-/m1/s1. The van der Waals surface area contributed by atoms with Crippen LogP contribution in [0.1, 0.15) is 12.5 Å². The molecule has 0 saturated heterocycles. The Morgan fingerprint density at radius 2 is 1.94 bits per heavy atom. The molecule has 0 fully saturated rings. The van der Waals surface area contributed by atoms with Crippen molar-refractivity contribution in [2.24, 2.45) is 5.92 Å². The molecule has 0 aliphatic rings. The zero-order valence-electron chi connectivity index (χ0n) is 10.5. The van der Waals surface area contributed by atoms with Gasteiger partial charge in [0.05, 0.1) is 0 Å². The van der Waals surface area contributed by atoms with E-state index < -0.39 is 0 Å². The molecule has 92 valence electrons. The van der Waals surface area contributed by atoms with E-state index in [1.807, 2.05) is 25.9 Å². The van der Waals surface area contributed by atoms with Gasteiger partial charge in [-0.1, -0.05) is 25.1 Å². The SMILES string of the molecule is C[C@H](CN(C)C)C(=O)/C=C/c1ccc(F)cc1. The van der Waals surface area contributed by atoms with E-state index in [1.54, 1.807) is 24.3 Å². The predicted molar refractivity (Wildman–Crippen MR) is 68.2 cm³/mol. The van der Waals surface area contributed by atoms with Gasteiger partial charge in [0.25, 0.3) is 0 Å². The molecule has 2 nitrogen and oxygen atoms in total. The summed E-state index contributed by atoms with van der Waals surface area (Å²) in [6.07, 6.45) is 3.27. The summed E-state index contributed by atoms with van der Waals surface area (Å²) in [4.78, 5) is 13.7. The largest absolute Gasteiger partial charge is 0.309 e. The van der Waals surface area contributed by atoms with Crippen LogP contribution in [0.3, 0.4) is 0 Å². The summed E-state index contributed by atoms with van der Waals surface area (Å²) in [7, 11) is 3.88. The van der Waals surface area contributed by atoms with Crippen LogP contribution in [0, 0.1) is 11.7 Å². The molecule has 1 aromatic carbocycles. The van der Waals surface area contributed by atoms with E-state index in [0.29, 0.717) is 0 Å². The van der Waals surface area contributed by atoms with Gasteiger partial charge in [-0.05, 0) is 37.9 Å². The van der Waals surface area contributed by atoms with Gasteiger partial charge in [0.2, 0.25) is 0 Å². The molecule has 1 aromatic rings. The van der Waals surface area contributed by atoms with E-state index in [-0.39, 0.29) is 17.5 Å². The van der Waals surface area contributed by atoms with Gasteiger partial charge in [-0.15, -0.1) is 0 Å². The number of ketones is 1. The Morgan fingerprint density at radius 3 is 2.47 bits per heavy atom. The van der Waals surface area contributed by atoms with Crippen molar-refractivity contribution in [2.75, 3.05) is 20.6 Å². The second kappa shape index (κ2) is 6.30. The Hall–Kier alpha value is -1.48. The van der Waals surface area contributed by atoms with E-state index in [2.05, 4.69) is 0 Å². The second-order valence-electron chi connectivity index (χ2n) is 4.45. The van der Waals surface area contributed by atoms with Crippen LogP contribution in [0.2, 0.25) is 0 Å². The van der Waals surface area contributed by atoms with Crippen LogP contribution in [0.25, 0.3) is 6.08 Å². The highest BCUT2D eigenvalue weighted by Crippen LogP contribution is 2.06. The van der Waals surface area contributed by atoms with Crippen molar-refractivity contribution in [1.82, 2.24) is 4.90 Å². The zero-order chi connectivity index (χ0) is 12.8. The third kappa shape index (κ3) is 4.91. The highest BCUT2D eigenvalue weighted by molar-refractivity contribution is 5.95. The number of halogens is 1. The van der Waals surface area contributed by atoms with Gasteiger partial charge in [0.1, 0.15) is 5.82 Å². The molecule has 0 spiro atoms. The van der Waals surface area contributed by atoms with Gasteiger partial charge in [-0.3, -0.25) is 4.79 Å². The highest BCUT2D eigenvalue weighted by Gasteiger charge is 2.10. The summed E-state index contributed by atoms with van der Waals surface area (Å²) in [5, 5.41) is 0. The first-order valence-corrected chi connectivity index (χ1v) is 5.61. The molecule has 0 saturated carbocycles. The Morgan fingerprint density at radius 1 is 1.35 bits per heavy atom. The molecule has 0 amide bonds. The summed E-state index contributed by atoms with van der Waals surface area (Å²) in [6.45, 7) is 2.63. The van der Waals surface area contributed by atoms with Gasteiger partial charge in [0.15, 0.2) is 5.78 Å². The minimum atomic E-state index is -0.269. The zero-order valence-corrected chi connectivity index (χ0v) is 10.5. The topological polar surface area (TPSA) is 20.3 Å². The van der Waals surface area contributed by atoms with Crippen molar-refractivity contribution in [3.05, 3.63) is 41.7 Å². The number of allylic oxidation sites excluding steroid dienone is 1. The van der Waals surface area contributed by atoms with E-state index in [1.165, 1.54) is 12.1 Å². The number of rotatable bonds is 5. The predicted octanol–water partition coefficient (Wildman–Crippen LogP) is 2.61. The number of hydrogen-bond acceptors (Lipinski definition) is 2. The number of carbonyl (C=O) groups is 1. The first-order valence-electron chi connectivity index (χ1n) is 5.61. The summed E-state index contributed by atoms with van der Waals surface area (Å²) in [5.41, 5.74) is 0.830. The van der Waals surface area contributed by atoms with Crippen LogP contribution in [-0.4, -0.2) is 31.3 Å². The van der Waals surface area contributed by atoms with Gasteiger partial charge in [-0.2, -0.15) is 0 Å².